The molecule has 13 heteroatoms. The lowest BCUT2D eigenvalue weighted by Gasteiger charge is -2.35. The highest BCUT2D eigenvalue weighted by atomic mass is 19.1. The molecule has 0 radical (unpaired) electrons. The summed E-state index contributed by atoms with van der Waals surface area (Å²) in [5.74, 6) is -0.857. The number of benzene rings is 3. The van der Waals surface area contributed by atoms with Gasteiger partial charge in [-0.1, -0.05) is 12.1 Å². The molecule has 2 aliphatic rings. The lowest BCUT2D eigenvalue weighted by Crippen LogP contribution is -2.50. The van der Waals surface area contributed by atoms with Crippen molar-refractivity contribution in [2.75, 3.05) is 45.9 Å². The SMILES string of the molecule is Cc1nn2c(c1-c1c(F)ccc3c(CCCOc4cccc5cc(F)ccc45)c(C(=O)O)n(CCN4CCN(C(=O)OC(C)(C)C)CC4)c13)OCC2. The Morgan fingerprint density at radius 3 is 2.48 bits per heavy atom. The van der Waals surface area contributed by atoms with Crippen molar-refractivity contribution in [1.82, 2.24) is 24.1 Å². The molecule has 274 valence electrons. The van der Waals surface area contributed by atoms with Gasteiger partial charge in [0.05, 0.1) is 29.9 Å². The van der Waals surface area contributed by atoms with E-state index in [0.29, 0.717) is 98.1 Å². The average Bonchev–Trinajstić information content (AvgIpc) is 3.76. The number of aromatic nitrogens is 3. The van der Waals surface area contributed by atoms with Gasteiger partial charge in [0.25, 0.3) is 0 Å². The van der Waals surface area contributed by atoms with E-state index in [1.807, 2.05) is 32.9 Å². The molecule has 4 heterocycles. The van der Waals surface area contributed by atoms with Crippen molar-refractivity contribution in [2.45, 2.75) is 59.2 Å². The van der Waals surface area contributed by atoms with Crippen molar-refractivity contribution in [2.24, 2.45) is 0 Å². The van der Waals surface area contributed by atoms with E-state index in [9.17, 15) is 19.1 Å². The third kappa shape index (κ3) is 6.89. The Bertz CT molecular complexity index is 2160. The number of carboxylic acid groups (broad SMARTS) is 1. The highest BCUT2D eigenvalue weighted by Crippen LogP contribution is 2.43. The van der Waals surface area contributed by atoms with Crippen LogP contribution in [0, 0.1) is 18.6 Å². The van der Waals surface area contributed by atoms with E-state index in [0.717, 1.165) is 10.8 Å². The summed E-state index contributed by atoms with van der Waals surface area (Å²) in [6.07, 6.45) is 0.471. The maximum atomic E-state index is 16.2. The molecular formula is C39H43F2N5O6. The van der Waals surface area contributed by atoms with Crippen LogP contribution in [0.1, 0.15) is 48.9 Å². The van der Waals surface area contributed by atoms with Crippen molar-refractivity contribution in [3.63, 3.8) is 0 Å². The minimum atomic E-state index is -1.11. The molecule has 2 aliphatic heterocycles. The molecule has 5 aromatic rings. The van der Waals surface area contributed by atoms with Crippen molar-refractivity contribution in [1.29, 1.82) is 0 Å². The monoisotopic (exact) mass is 715 g/mol. The van der Waals surface area contributed by atoms with Gasteiger partial charge in [0, 0.05) is 55.6 Å². The molecule has 0 saturated carbocycles. The van der Waals surface area contributed by atoms with Gasteiger partial charge >= 0.3 is 12.1 Å². The number of carbonyl (C=O) groups excluding carboxylic acids is 1. The second kappa shape index (κ2) is 14.1. The molecule has 2 aromatic heterocycles. The molecule has 1 amide bonds. The fourth-order valence-electron chi connectivity index (χ4n) is 7.33. The first kappa shape index (κ1) is 35.2. The largest absolute Gasteiger partial charge is 0.493 e. The number of carboxylic acids is 1. The Morgan fingerprint density at radius 1 is 0.962 bits per heavy atom. The summed E-state index contributed by atoms with van der Waals surface area (Å²) in [6, 6.07) is 13.0. The Hall–Kier alpha value is -5.17. The van der Waals surface area contributed by atoms with Gasteiger partial charge in [0.1, 0.15) is 35.3 Å². The summed E-state index contributed by atoms with van der Waals surface area (Å²) in [7, 11) is 0. The van der Waals surface area contributed by atoms with E-state index in [1.54, 1.807) is 39.3 Å². The van der Waals surface area contributed by atoms with E-state index in [1.165, 1.54) is 18.2 Å². The summed E-state index contributed by atoms with van der Waals surface area (Å²) >= 11 is 0. The molecule has 0 atom stereocenters. The van der Waals surface area contributed by atoms with Crippen LogP contribution in [0.25, 0.3) is 32.8 Å². The van der Waals surface area contributed by atoms with Crippen LogP contribution in [0.15, 0.2) is 48.5 Å². The minimum Gasteiger partial charge on any atom is -0.493 e. The molecule has 7 rings (SSSR count). The van der Waals surface area contributed by atoms with E-state index in [4.69, 9.17) is 14.2 Å². The number of amides is 1. The fourth-order valence-corrected chi connectivity index (χ4v) is 7.33. The predicted molar refractivity (Wildman–Crippen MR) is 192 cm³/mol. The maximum Gasteiger partial charge on any atom is 0.410 e. The van der Waals surface area contributed by atoms with Crippen LogP contribution in [0.5, 0.6) is 11.6 Å². The summed E-state index contributed by atoms with van der Waals surface area (Å²) < 4.78 is 51.1. The van der Waals surface area contributed by atoms with Crippen LogP contribution in [0.3, 0.4) is 0 Å². The van der Waals surface area contributed by atoms with Crippen LogP contribution < -0.4 is 9.47 Å². The van der Waals surface area contributed by atoms with Crippen molar-refractivity contribution < 1.29 is 37.7 Å². The number of nitrogens with zero attached hydrogens (tertiary/aromatic N) is 5. The van der Waals surface area contributed by atoms with Crippen molar-refractivity contribution >= 4 is 33.7 Å². The molecule has 0 unspecified atom stereocenters. The quantitative estimate of drug-likeness (QED) is 0.156. The van der Waals surface area contributed by atoms with Crippen LogP contribution >= 0.6 is 0 Å². The topological polar surface area (TPSA) is 111 Å². The first-order chi connectivity index (χ1) is 24.9. The third-order valence-corrected chi connectivity index (χ3v) is 9.65. The fraction of sp³-hybridized carbons (Fsp3) is 0.410. The maximum absolute atomic E-state index is 16.2. The molecule has 11 nitrogen and oxygen atoms in total. The first-order valence-electron chi connectivity index (χ1n) is 17.7. The first-order valence-corrected chi connectivity index (χ1v) is 17.7. The van der Waals surface area contributed by atoms with Gasteiger partial charge in [0.2, 0.25) is 5.88 Å². The second-order valence-corrected chi connectivity index (χ2v) is 14.3. The molecular weight excluding hydrogens is 672 g/mol. The number of aromatic carboxylic acids is 1. The lowest BCUT2D eigenvalue weighted by atomic mass is 9.99. The zero-order chi connectivity index (χ0) is 36.7. The highest BCUT2D eigenvalue weighted by molar-refractivity contribution is 6.05. The van der Waals surface area contributed by atoms with Gasteiger partial charge < -0.3 is 28.8 Å². The number of hydrogen-bond acceptors (Lipinski definition) is 7. The van der Waals surface area contributed by atoms with Crippen LogP contribution in [-0.2, 0) is 24.2 Å². The lowest BCUT2D eigenvalue weighted by molar-refractivity contribution is 0.0142. The van der Waals surface area contributed by atoms with Gasteiger partial charge in [-0.05, 0) is 87.9 Å². The molecule has 0 aliphatic carbocycles. The van der Waals surface area contributed by atoms with E-state index in [2.05, 4.69) is 10.00 Å². The number of fused-ring (bicyclic) bond motifs is 3. The molecule has 1 N–H and O–H groups in total. The second-order valence-electron chi connectivity index (χ2n) is 14.3. The summed E-state index contributed by atoms with van der Waals surface area (Å²) in [6.45, 7) is 11.4. The van der Waals surface area contributed by atoms with E-state index in [-0.39, 0.29) is 36.3 Å². The Balaban J connectivity index is 1.20. The molecule has 52 heavy (non-hydrogen) atoms. The normalized spacial score (nSPS) is 14.9. The smallest absolute Gasteiger partial charge is 0.410 e. The molecule has 1 saturated heterocycles. The zero-order valence-corrected chi connectivity index (χ0v) is 29.9. The molecule has 3 aromatic carbocycles. The predicted octanol–water partition coefficient (Wildman–Crippen LogP) is 6.90. The summed E-state index contributed by atoms with van der Waals surface area (Å²) in [4.78, 5) is 29.7. The molecule has 1 fully saturated rings. The highest BCUT2D eigenvalue weighted by Gasteiger charge is 2.32. The minimum absolute atomic E-state index is 0.0947. The van der Waals surface area contributed by atoms with Gasteiger partial charge in [-0.25, -0.2) is 23.1 Å². The Morgan fingerprint density at radius 2 is 1.73 bits per heavy atom. The average molecular weight is 716 g/mol. The standard InChI is InChI=1S/C39H43F2N5O6/c1-24-32(36-46(42-24)20-22-51-36)33-30(41)13-12-29-28(8-6-21-50-31-9-5-7-25-23-26(40)10-11-27(25)31)35(37(47)48)45(34(29)33)19-16-43-14-17-44(18-15-43)38(49)52-39(2,3)4/h5,7,9-13,23H,6,8,14-22H2,1-4H3,(H,47,48). The van der Waals surface area contributed by atoms with Crippen molar-refractivity contribution in [3.8, 4) is 22.8 Å². The van der Waals surface area contributed by atoms with Gasteiger partial charge in [0.15, 0.2) is 0 Å². The summed E-state index contributed by atoms with van der Waals surface area (Å²) in [5.41, 5.74) is 1.94. The molecule has 0 bridgehead atoms. The summed E-state index contributed by atoms with van der Waals surface area (Å²) in [5, 5.41) is 17.5. The number of piperazine rings is 1. The third-order valence-electron chi connectivity index (χ3n) is 9.65. The van der Waals surface area contributed by atoms with Gasteiger partial charge in [-0.3, -0.25) is 4.90 Å². The van der Waals surface area contributed by atoms with Gasteiger partial charge in [-0.15, -0.1) is 0 Å². The zero-order valence-electron chi connectivity index (χ0n) is 29.9. The van der Waals surface area contributed by atoms with E-state index < -0.39 is 17.4 Å². The number of hydrogen-bond donors (Lipinski definition) is 1. The van der Waals surface area contributed by atoms with Crippen LogP contribution in [0.4, 0.5) is 13.6 Å². The number of ether oxygens (including phenoxy) is 3. The number of aryl methyl sites for hydroxylation is 2. The Kier molecular flexibility index (Phi) is 9.55. The molecule has 0 spiro atoms. The number of halogens is 2. The van der Waals surface area contributed by atoms with Crippen LogP contribution in [0.2, 0.25) is 0 Å². The number of carbonyl (C=O) groups is 2. The Labute approximate surface area is 300 Å². The van der Waals surface area contributed by atoms with Crippen LogP contribution in [-0.4, -0.2) is 92.9 Å². The van der Waals surface area contributed by atoms with E-state index >= 15 is 4.39 Å². The number of rotatable bonds is 10. The van der Waals surface area contributed by atoms with Crippen molar-refractivity contribution in [3.05, 3.63) is 77.1 Å². The van der Waals surface area contributed by atoms with Gasteiger partial charge in [-0.2, -0.15) is 5.10 Å².